The molecular formula is C28H42O4. The minimum absolute atomic E-state index is 0.0357. The SMILES string of the molecule is CC=C(C)C1C(C=CC=C(C)C2OC(C)(C)OCC2C)C2CC3OC3(C)CC2C2OC21C. The summed E-state index contributed by atoms with van der Waals surface area (Å²) >= 11 is 0. The summed E-state index contributed by atoms with van der Waals surface area (Å²) in [6, 6.07) is 0. The number of rotatable bonds is 4. The second-order valence-electron chi connectivity index (χ2n) is 12.0. The fourth-order valence-corrected chi connectivity index (χ4v) is 7.25. The molecule has 32 heavy (non-hydrogen) atoms. The zero-order chi connectivity index (χ0) is 23.1. The third-order valence-corrected chi connectivity index (χ3v) is 9.20. The molecular weight excluding hydrogens is 400 g/mol. The lowest BCUT2D eigenvalue weighted by molar-refractivity contribution is -0.282. The zero-order valence-corrected chi connectivity index (χ0v) is 21.2. The second kappa shape index (κ2) is 7.53. The summed E-state index contributed by atoms with van der Waals surface area (Å²) in [6.45, 7) is 18.2. The molecule has 0 amide bonds. The van der Waals surface area contributed by atoms with Crippen LogP contribution >= 0.6 is 0 Å². The lowest BCUT2D eigenvalue weighted by atomic mass is 9.55. The maximum atomic E-state index is 6.49. The van der Waals surface area contributed by atoms with Crippen molar-refractivity contribution in [1.82, 2.24) is 0 Å². The van der Waals surface area contributed by atoms with E-state index in [1.54, 1.807) is 0 Å². The van der Waals surface area contributed by atoms with E-state index in [4.69, 9.17) is 18.9 Å². The van der Waals surface area contributed by atoms with Crippen molar-refractivity contribution >= 4 is 0 Å². The first-order chi connectivity index (χ1) is 15.0. The largest absolute Gasteiger partial charge is 0.366 e. The average Bonchev–Trinajstić information content (AvgIpc) is 3.60. The Morgan fingerprint density at radius 3 is 2.44 bits per heavy atom. The van der Waals surface area contributed by atoms with Gasteiger partial charge in [0.2, 0.25) is 0 Å². The molecule has 0 aromatic rings. The quantitative estimate of drug-likeness (QED) is 0.312. The van der Waals surface area contributed by atoms with Gasteiger partial charge < -0.3 is 18.9 Å². The Kier molecular flexibility index (Phi) is 5.37. The molecule has 4 nitrogen and oxygen atoms in total. The van der Waals surface area contributed by atoms with E-state index in [0.717, 1.165) is 19.4 Å². The van der Waals surface area contributed by atoms with Crippen molar-refractivity contribution in [3.8, 4) is 0 Å². The van der Waals surface area contributed by atoms with E-state index >= 15 is 0 Å². The van der Waals surface area contributed by atoms with Crippen LogP contribution < -0.4 is 0 Å². The smallest absolute Gasteiger partial charge is 0.163 e. The Balaban J connectivity index is 1.41. The molecule has 2 saturated carbocycles. The van der Waals surface area contributed by atoms with Crippen LogP contribution in [0.4, 0.5) is 0 Å². The predicted molar refractivity (Wildman–Crippen MR) is 126 cm³/mol. The molecule has 3 saturated heterocycles. The Morgan fingerprint density at radius 2 is 1.72 bits per heavy atom. The van der Waals surface area contributed by atoms with Gasteiger partial charge in [-0.25, -0.2) is 0 Å². The van der Waals surface area contributed by atoms with Gasteiger partial charge in [0.15, 0.2) is 5.79 Å². The Hall–Kier alpha value is -0.940. The number of epoxide rings is 2. The summed E-state index contributed by atoms with van der Waals surface area (Å²) in [7, 11) is 0. The highest BCUT2D eigenvalue weighted by atomic mass is 16.7. The topological polar surface area (TPSA) is 43.5 Å². The molecule has 10 atom stereocenters. The monoisotopic (exact) mass is 442 g/mol. The molecule has 0 radical (unpaired) electrons. The molecule has 10 unspecified atom stereocenters. The molecule has 5 aliphatic rings. The maximum absolute atomic E-state index is 6.49. The molecule has 3 aliphatic heterocycles. The van der Waals surface area contributed by atoms with Crippen LogP contribution in [0.3, 0.4) is 0 Å². The number of fused-ring (bicyclic) bond motifs is 4. The van der Waals surface area contributed by atoms with Gasteiger partial charge in [0, 0.05) is 11.8 Å². The van der Waals surface area contributed by atoms with E-state index in [1.165, 1.54) is 11.1 Å². The maximum Gasteiger partial charge on any atom is 0.163 e. The lowest BCUT2D eigenvalue weighted by Crippen LogP contribution is -2.49. The molecule has 4 heteroatoms. The first kappa shape index (κ1) is 22.8. The summed E-state index contributed by atoms with van der Waals surface area (Å²) in [5.41, 5.74) is 2.79. The molecule has 0 aromatic carbocycles. The molecule has 178 valence electrons. The highest BCUT2D eigenvalue weighted by Gasteiger charge is 2.72. The van der Waals surface area contributed by atoms with Crippen LogP contribution in [0.25, 0.3) is 0 Å². The summed E-state index contributed by atoms with van der Waals surface area (Å²) in [5.74, 6) is 1.97. The van der Waals surface area contributed by atoms with Gasteiger partial charge in [-0.3, -0.25) is 0 Å². The van der Waals surface area contributed by atoms with Crippen molar-refractivity contribution in [3.63, 3.8) is 0 Å². The normalized spacial score (nSPS) is 52.2. The molecule has 2 aliphatic carbocycles. The fourth-order valence-electron chi connectivity index (χ4n) is 7.25. The molecule has 5 fully saturated rings. The van der Waals surface area contributed by atoms with Crippen LogP contribution in [0.15, 0.2) is 35.5 Å². The van der Waals surface area contributed by atoms with Crippen LogP contribution in [0, 0.1) is 29.6 Å². The molecule has 0 spiro atoms. The van der Waals surface area contributed by atoms with Crippen LogP contribution in [0.5, 0.6) is 0 Å². The third-order valence-electron chi connectivity index (χ3n) is 9.20. The summed E-state index contributed by atoms with van der Waals surface area (Å²) in [5, 5.41) is 0. The van der Waals surface area contributed by atoms with Crippen molar-refractivity contribution in [3.05, 3.63) is 35.5 Å². The molecule has 0 aromatic heterocycles. The van der Waals surface area contributed by atoms with E-state index < -0.39 is 5.79 Å². The van der Waals surface area contributed by atoms with E-state index in [9.17, 15) is 0 Å². The zero-order valence-electron chi connectivity index (χ0n) is 21.2. The number of hydrogen-bond donors (Lipinski definition) is 0. The Morgan fingerprint density at radius 1 is 0.969 bits per heavy atom. The Labute approximate surface area is 194 Å². The van der Waals surface area contributed by atoms with E-state index in [0.29, 0.717) is 41.8 Å². The van der Waals surface area contributed by atoms with Gasteiger partial charge in [0.05, 0.1) is 36.1 Å². The van der Waals surface area contributed by atoms with E-state index in [-0.39, 0.29) is 17.3 Å². The van der Waals surface area contributed by atoms with Gasteiger partial charge in [-0.2, -0.15) is 0 Å². The minimum Gasteiger partial charge on any atom is -0.366 e. The minimum atomic E-state index is -0.521. The van der Waals surface area contributed by atoms with Gasteiger partial charge in [-0.05, 0) is 84.6 Å². The van der Waals surface area contributed by atoms with Gasteiger partial charge in [0.25, 0.3) is 0 Å². The van der Waals surface area contributed by atoms with Crippen LogP contribution in [0.2, 0.25) is 0 Å². The van der Waals surface area contributed by atoms with Crippen molar-refractivity contribution in [2.45, 2.75) is 104 Å². The van der Waals surface area contributed by atoms with Gasteiger partial charge in [-0.1, -0.05) is 36.8 Å². The standard InChI is InChI=1S/C28H42O4/c1-9-16(2)23-19(12-10-11-17(3)24-18(4)15-29-26(5,6)31-24)20-13-22-27(7,30-22)14-21(20)25-28(23,8)32-25/h9-12,18-25H,13-15H2,1-8H3. The van der Waals surface area contributed by atoms with Crippen LogP contribution in [0.1, 0.15) is 68.2 Å². The molecule has 0 bridgehead atoms. The number of ether oxygens (including phenoxy) is 4. The van der Waals surface area contributed by atoms with Crippen molar-refractivity contribution in [1.29, 1.82) is 0 Å². The Bertz CT molecular complexity index is 855. The van der Waals surface area contributed by atoms with Crippen molar-refractivity contribution in [2.24, 2.45) is 29.6 Å². The van der Waals surface area contributed by atoms with Gasteiger partial charge >= 0.3 is 0 Å². The van der Waals surface area contributed by atoms with Gasteiger partial charge in [0.1, 0.15) is 0 Å². The summed E-state index contributed by atoms with van der Waals surface area (Å²) in [6.07, 6.45) is 12.5. The molecule has 3 heterocycles. The van der Waals surface area contributed by atoms with Crippen LogP contribution in [-0.2, 0) is 18.9 Å². The van der Waals surface area contributed by atoms with E-state index in [1.807, 2.05) is 13.8 Å². The first-order valence-corrected chi connectivity index (χ1v) is 12.6. The number of hydrogen-bond acceptors (Lipinski definition) is 4. The summed E-state index contributed by atoms with van der Waals surface area (Å²) < 4.78 is 24.7. The highest BCUT2D eigenvalue weighted by molar-refractivity contribution is 5.30. The highest BCUT2D eigenvalue weighted by Crippen LogP contribution is 2.67. The third kappa shape index (κ3) is 3.66. The molecule has 5 rings (SSSR count). The first-order valence-electron chi connectivity index (χ1n) is 12.6. The number of allylic oxidation sites excluding steroid dienone is 4. The van der Waals surface area contributed by atoms with Crippen molar-refractivity contribution < 1.29 is 18.9 Å². The second-order valence-corrected chi connectivity index (χ2v) is 12.0. The lowest BCUT2D eigenvalue weighted by Gasteiger charge is -2.45. The van der Waals surface area contributed by atoms with Gasteiger partial charge in [-0.15, -0.1) is 0 Å². The van der Waals surface area contributed by atoms with Crippen LogP contribution in [-0.4, -0.2) is 41.9 Å². The van der Waals surface area contributed by atoms with E-state index in [2.05, 4.69) is 65.8 Å². The summed E-state index contributed by atoms with van der Waals surface area (Å²) in [4.78, 5) is 0. The molecule has 0 N–H and O–H groups in total. The fraction of sp³-hybridized carbons (Fsp3) is 0.786. The predicted octanol–water partition coefficient (Wildman–Crippen LogP) is 5.83. The van der Waals surface area contributed by atoms with Crippen molar-refractivity contribution in [2.75, 3.05) is 6.61 Å². The average molecular weight is 443 g/mol.